The molecule has 0 saturated heterocycles. The van der Waals surface area contributed by atoms with Crippen LogP contribution >= 0.6 is 15.9 Å². The smallest absolute Gasteiger partial charge is 0.120 e. The molecular weight excluding hydrogens is 282 g/mol. The minimum atomic E-state index is 0.708. The number of benzene rings is 1. The monoisotopic (exact) mass is 301 g/mol. The van der Waals surface area contributed by atoms with Crippen molar-refractivity contribution in [3.63, 3.8) is 0 Å². The first-order valence-corrected chi connectivity index (χ1v) is 6.57. The van der Waals surface area contributed by atoms with Crippen molar-refractivity contribution in [2.75, 3.05) is 40.5 Å². The van der Waals surface area contributed by atoms with Gasteiger partial charge in [0.15, 0.2) is 0 Å². The highest BCUT2D eigenvalue weighted by Gasteiger charge is 1.99. The Morgan fingerprint density at radius 3 is 2.76 bits per heavy atom. The minimum absolute atomic E-state index is 0.708. The lowest BCUT2D eigenvalue weighted by atomic mass is 10.3. The van der Waals surface area contributed by atoms with Crippen molar-refractivity contribution in [3.8, 4) is 5.75 Å². The summed E-state index contributed by atoms with van der Waals surface area (Å²) in [6.07, 6.45) is 1.06. The van der Waals surface area contributed by atoms with Crippen molar-refractivity contribution >= 4 is 15.9 Å². The van der Waals surface area contributed by atoms with Gasteiger partial charge >= 0.3 is 0 Å². The summed E-state index contributed by atoms with van der Waals surface area (Å²) in [5.41, 5.74) is 0. The van der Waals surface area contributed by atoms with Gasteiger partial charge in [0.2, 0.25) is 0 Å². The standard InChI is InChI=1S/C13H20BrNO2/c1-15(7-4-9-16-2)8-10-17-13-6-3-5-12(14)11-13/h3,5-6,11H,4,7-10H2,1-2H3. The van der Waals surface area contributed by atoms with Crippen molar-refractivity contribution in [2.24, 2.45) is 0 Å². The van der Waals surface area contributed by atoms with Crippen LogP contribution in [0.2, 0.25) is 0 Å². The second-order valence-corrected chi connectivity index (χ2v) is 4.87. The number of likely N-dealkylation sites (N-methyl/N-ethyl adjacent to an activating group) is 1. The van der Waals surface area contributed by atoms with Gasteiger partial charge in [-0.2, -0.15) is 0 Å². The molecule has 3 nitrogen and oxygen atoms in total. The van der Waals surface area contributed by atoms with Gasteiger partial charge in [0.25, 0.3) is 0 Å². The summed E-state index contributed by atoms with van der Waals surface area (Å²) < 4.78 is 11.7. The summed E-state index contributed by atoms with van der Waals surface area (Å²) in [6.45, 7) is 3.49. The fourth-order valence-corrected chi connectivity index (χ4v) is 1.84. The van der Waals surface area contributed by atoms with Crippen LogP contribution in [0.15, 0.2) is 28.7 Å². The average molecular weight is 302 g/mol. The summed E-state index contributed by atoms with van der Waals surface area (Å²) in [4.78, 5) is 2.25. The molecule has 4 heteroatoms. The molecule has 0 saturated carbocycles. The highest BCUT2D eigenvalue weighted by atomic mass is 79.9. The molecule has 17 heavy (non-hydrogen) atoms. The quantitative estimate of drug-likeness (QED) is 0.689. The number of ether oxygens (including phenoxy) is 2. The summed E-state index contributed by atoms with van der Waals surface area (Å²) >= 11 is 3.42. The van der Waals surface area contributed by atoms with Crippen LogP contribution in [0, 0.1) is 0 Å². The van der Waals surface area contributed by atoms with Crippen molar-refractivity contribution in [2.45, 2.75) is 6.42 Å². The van der Waals surface area contributed by atoms with E-state index in [9.17, 15) is 0 Å². The third kappa shape index (κ3) is 6.66. The Balaban J connectivity index is 2.14. The molecule has 0 spiro atoms. The average Bonchev–Trinajstić information content (AvgIpc) is 2.29. The first-order chi connectivity index (χ1) is 8.22. The summed E-state index contributed by atoms with van der Waals surface area (Å²) in [6, 6.07) is 7.91. The van der Waals surface area contributed by atoms with E-state index in [2.05, 4.69) is 27.9 Å². The second kappa shape index (κ2) is 8.50. The number of halogens is 1. The zero-order valence-corrected chi connectivity index (χ0v) is 12.1. The molecule has 0 atom stereocenters. The third-order valence-corrected chi connectivity index (χ3v) is 2.92. The Hall–Kier alpha value is -0.580. The molecule has 0 amide bonds. The van der Waals surface area contributed by atoms with Crippen LogP contribution < -0.4 is 4.74 Å². The van der Waals surface area contributed by atoms with Gasteiger partial charge < -0.3 is 14.4 Å². The molecule has 1 aromatic rings. The number of rotatable bonds is 8. The Labute approximate surface area is 112 Å². The lowest BCUT2D eigenvalue weighted by molar-refractivity contribution is 0.172. The van der Waals surface area contributed by atoms with Gasteiger partial charge in [0.05, 0.1) is 0 Å². The maximum Gasteiger partial charge on any atom is 0.120 e. The SMILES string of the molecule is COCCCN(C)CCOc1cccc(Br)c1. The Morgan fingerprint density at radius 2 is 2.06 bits per heavy atom. The highest BCUT2D eigenvalue weighted by molar-refractivity contribution is 9.10. The zero-order chi connectivity index (χ0) is 12.5. The van der Waals surface area contributed by atoms with Gasteiger partial charge in [-0.25, -0.2) is 0 Å². The second-order valence-electron chi connectivity index (χ2n) is 3.96. The van der Waals surface area contributed by atoms with Crippen molar-refractivity contribution < 1.29 is 9.47 Å². The molecule has 0 bridgehead atoms. The maximum absolute atomic E-state index is 5.66. The van der Waals surface area contributed by atoms with Crippen LogP contribution in [0.3, 0.4) is 0 Å². The predicted molar refractivity (Wildman–Crippen MR) is 73.6 cm³/mol. The lowest BCUT2D eigenvalue weighted by Crippen LogP contribution is -2.26. The van der Waals surface area contributed by atoms with Gasteiger partial charge in [0.1, 0.15) is 12.4 Å². The molecule has 1 aromatic carbocycles. The van der Waals surface area contributed by atoms with E-state index >= 15 is 0 Å². The number of methoxy groups -OCH3 is 1. The number of hydrogen-bond acceptors (Lipinski definition) is 3. The largest absolute Gasteiger partial charge is 0.492 e. The predicted octanol–water partition coefficient (Wildman–Crippen LogP) is 2.80. The third-order valence-electron chi connectivity index (χ3n) is 2.43. The molecular formula is C13H20BrNO2. The summed E-state index contributed by atoms with van der Waals surface area (Å²) in [5.74, 6) is 0.907. The van der Waals surface area contributed by atoms with Crippen molar-refractivity contribution in [3.05, 3.63) is 28.7 Å². The molecule has 0 aliphatic rings. The maximum atomic E-state index is 5.66. The van der Waals surface area contributed by atoms with Crippen molar-refractivity contribution in [1.82, 2.24) is 4.90 Å². The van der Waals surface area contributed by atoms with Crippen LogP contribution in [0.5, 0.6) is 5.75 Å². The Bertz CT molecular complexity index is 320. The van der Waals surface area contributed by atoms with E-state index in [0.717, 1.165) is 36.3 Å². The fourth-order valence-electron chi connectivity index (χ4n) is 1.47. The van der Waals surface area contributed by atoms with E-state index in [1.165, 1.54) is 0 Å². The van der Waals surface area contributed by atoms with E-state index < -0.39 is 0 Å². The molecule has 0 aliphatic heterocycles. The molecule has 0 heterocycles. The van der Waals surface area contributed by atoms with Crippen molar-refractivity contribution in [1.29, 1.82) is 0 Å². The van der Waals surface area contributed by atoms with Crippen LogP contribution in [-0.4, -0.2) is 45.4 Å². The molecule has 0 radical (unpaired) electrons. The van der Waals surface area contributed by atoms with E-state index in [-0.39, 0.29) is 0 Å². The van der Waals surface area contributed by atoms with E-state index in [1.54, 1.807) is 7.11 Å². The molecule has 96 valence electrons. The van der Waals surface area contributed by atoms with Crippen LogP contribution in [-0.2, 0) is 4.74 Å². The molecule has 0 aromatic heterocycles. The van der Waals surface area contributed by atoms with Crippen LogP contribution in [0.4, 0.5) is 0 Å². The number of hydrogen-bond donors (Lipinski definition) is 0. The summed E-state index contributed by atoms with van der Waals surface area (Å²) in [5, 5.41) is 0. The van der Waals surface area contributed by atoms with Gasteiger partial charge in [-0.15, -0.1) is 0 Å². The van der Waals surface area contributed by atoms with E-state index in [1.807, 2.05) is 24.3 Å². The first-order valence-electron chi connectivity index (χ1n) is 5.78. The molecule has 0 fully saturated rings. The molecule has 0 N–H and O–H groups in total. The minimum Gasteiger partial charge on any atom is -0.492 e. The van der Waals surface area contributed by atoms with E-state index in [0.29, 0.717) is 6.61 Å². The first kappa shape index (κ1) is 14.5. The molecule has 0 unspecified atom stereocenters. The van der Waals surface area contributed by atoms with Gasteiger partial charge in [-0.3, -0.25) is 0 Å². The van der Waals surface area contributed by atoms with Crippen LogP contribution in [0.1, 0.15) is 6.42 Å². The van der Waals surface area contributed by atoms with Gasteiger partial charge in [-0.1, -0.05) is 22.0 Å². The zero-order valence-electron chi connectivity index (χ0n) is 10.5. The highest BCUT2D eigenvalue weighted by Crippen LogP contribution is 2.17. The van der Waals surface area contributed by atoms with Crippen LogP contribution in [0.25, 0.3) is 0 Å². The lowest BCUT2D eigenvalue weighted by Gasteiger charge is -2.16. The summed E-state index contributed by atoms with van der Waals surface area (Å²) in [7, 11) is 3.83. The van der Waals surface area contributed by atoms with Gasteiger partial charge in [-0.05, 0) is 31.7 Å². The topological polar surface area (TPSA) is 21.7 Å². The molecule has 1 rings (SSSR count). The number of nitrogens with zero attached hydrogens (tertiary/aromatic N) is 1. The fraction of sp³-hybridized carbons (Fsp3) is 0.538. The Morgan fingerprint density at radius 1 is 1.24 bits per heavy atom. The van der Waals surface area contributed by atoms with Gasteiger partial charge in [0, 0.05) is 31.3 Å². The normalized spacial score (nSPS) is 10.8. The molecule has 0 aliphatic carbocycles. The van der Waals surface area contributed by atoms with E-state index in [4.69, 9.17) is 9.47 Å². The Kier molecular flexibility index (Phi) is 7.24.